The summed E-state index contributed by atoms with van der Waals surface area (Å²) in [5.74, 6) is -0.347. The Bertz CT molecular complexity index is 345. The van der Waals surface area contributed by atoms with Crippen LogP contribution in [0.4, 0.5) is 4.79 Å². The predicted octanol–water partition coefficient (Wildman–Crippen LogP) is 1.26. The zero-order valence-corrected chi connectivity index (χ0v) is 12.5. The van der Waals surface area contributed by atoms with Crippen molar-refractivity contribution in [3.05, 3.63) is 0 Å². The summed E-state index contributed by atoms with van der Waals surface area (Å²) < 4.78 is 0. The van der Waals surface area contributed by atoms with Gasteiger partial charge in [0.15, 0.2) is 0 Å². The molecule has 0 saturated carbocycles. The van der Waals surface area contributed by atoms with Crippen molar-refractivity contribution in [2.24, 2.45) is 17.1 Å². The highest BCUT2D eigenvalue weighted by Crippen LogP contribution is 2.26. The Labute approximate surface area is 120 Å². The molecule has 6 heteroatoms. The number of carbonyl (C=O) groups is 2. The lowest BCUT2D eigenvalue weighted by atomic mass is 9.84. The molecule has 0 radical (unpaired) electrons. The maximum Gasteiger partial charge on any atom is 0.317 e. The second kappa shape index (κ2) is 7.47. The fourth-order valence-electron chi connectivity index (χ4n) is 2.40. The number of nitrogens with one attached hydrogen (secondary N) is 1. The van der Waals surface area contributed by atoms with Crippen molar-refractivity contribution in [3.8, 4) is 0 Å². The first kappa shape index (κ1) is 16.8. The van der Waals surface area contributed by atoms with Crippen molar-refractivity contribution in [3.63, 3.8) is 0 Å². The van der Waals surface area contributed by atoms with Gasteiger partial charge in [-0.2, -0.15) is 0 Å². The lowest BCUT2D eigenvalue weighted by Gasteiger charge is -2.25. The molecule has 1 aliphatic rings. The molecular weight excluding hydrogens is 258 g/mol. The predicted molar refractivity (Wildman–Crippen MR) is 77.4 cm³/mol. The first-order chi connectivity index (χ1) is 9.34. The van der Waals surface area contributed by atoms with E-state index in [0.29, 0.717) is 25.4 Å². The minimum absolute atomic E-state index is 0.0324. The largest absolute Gasteiger partial charge is 0.481 e. The van der Waals surface area contributed by atoms with E-state index in [9.17, 15) is 9.59 Å². The number of carboxylic acid groups (broad SMARTS) is 1. The molecule has 0 aliphatic carbocycles. The van der Waals surface area contributed by atoms with Crippen molar-refractivity contribution < 1.29 is 14.7 Å². The standard InChI is InChI=1S/C14H27N3O3/c1-14(2,5-3-12(18)19)6-7-16-13(20)17-8-4-11(9-15)10-17/h11H,3-10,15H2,1-2H3,(H,16,20)(H,18,19). The van der Waals surface area contributed by atoms with Crippen LogP contribution in [0.25, 0.3) is 0 Å². The van der Waals surface area contributed by atoms with Crippen LogP contribution in [0, 0.1) is 11.3 Å². The molecule has 1 aliphatic heterocycles. The number of amides is 2. The van der Waals surface area contributed by atoms with Crippen LogP contribution < -0.4 is 11.1 Å². The summed E-state index contributed by atoms with van der Waals surface area (Å²) in [4.78, 5) is 24.3. The number of aliphatic carboxylic acids is 1. The summed E-state index contributed by atoms with van der Waals surface area (Å²) >= 11 is 0. The molecule has 0 aromatic heterocycles. The Kier molecular flexibility index (Phi) is 6.26. The summed E-state index contributed by atoms with van der Waals surface area (Å²) in [5, 5.41) is 11.6. The van der Waals surface area contributed by atoms with Gasteiger partial charge in [0.2, 0.25) is 0 Å². The molecule has 0 bridgehead atoms. The minimum atomic E-state index is -0.771. The summed E-state index contributed by atoms with van der Waals surface area (Å²) in [5.41, 5.74) is 5.53. The highest BCUT2D eigenvalue weighted by molar-refractivity contribution is 5.74. The average Bonchev–Trinajstić information content (AvgIpc) is 2.85. The van der Waals surface area contributed by atoms with E-state index < -0.39 is 5.97 Å². The van der Waals surface area contributed by atoms with Gasteiger partial charge in [-0.3, -0.25) is 4.79 Å². The lowest BCUT2D eigenvalue weighted by Crippen LogP contribution is -2.40. The third-order valence-electron chi connectivity index (χ3n) is 4.00. The van der Waals surface area contributed by atoms with Crippen LogP contribution >= 0.6 is 0 Å². The van der Waals surface area contributed by atoms with Crippen LogP contribution in [-0.2, 0) is 4.79 Å². The summed E-state index contributed by atoms with van der Waals surface area (Å²) in [6.45, 7) is 6.78. The monoisotopic (exact) mass is 285 g/mol. The van der Waals surface area contributed by atoms with E-state index in [1.54, 1.807) is 0 Å². The fourth-order valence-corrected chi connectivity index (χ4v) is 2.40. The normalized spacial score (nSPS) is 19.1. The lowest BCUT2D eigenvalue weighted by molar-refractivity contribution is -0.137. The van der Waals surface area contributed by atoms with Crippen LogP contribution in [0.2, 0.25) is 0 Å². The molecule has 0 aromatic carbocycles. The van der Waals surface area contributed by atoms with Crippen molar-refractivity contribution in [2.75, 3.05) is 26.2 Å². The Morgan fingerprint density at radius 3 is 2.65 bits per heavy atom. The topological polar surface area (TPSA) is 95.7 Å². The van der Waals surface area contributed by atoms with E-state index in [2.05, 4.69) is 5.32 Å². The van der Waals surface area contributed by atoms with Gasteiger partial charge in [-0.1, -0.05) is 13.8 Å². The molecule has 0 aromatic rings. The molecule has 0 spiro atoms. The number of nitrogens with two attached hydrogens (primary N) is 1. The van der Waals surface area contributed by atoms with Crippen LogP contribution in [0.5, 0.6) is 0 Å². The van der Waals surface area contributed by atoms with Gasteiger partial charge < -0.3 is 21.1 Å². The average molecular weight is 285 g/mol. The summed E-state index contributed by atoms with van der Waals surface area (Å²) in [6.07, 6.45) is 2.55. The molecule has 2 amide bonds. The van der Waals surface area contributed by atoms with Crippen molar-refractivity contribution in [1.82, 2.24) is 10.2 Å². The second-order valence-corrected chi connectivity index (χ2v) is 6.38. The summed E-state index contributed by atoms with van der Waals surface area (Å²) in [7, 11) is 0. The van der Waals surface area contributed by atoms with Gasteiger partial charge in [0, 0.05) is 26.1 Å². The summed E-state index contributed by atoms with van der Waals surface area (Å²) in [6, 6.07) is -0.0324. The molecule has 20 heavy (non-hydrogen) atoms. The second-order valence-electron chi connectivity index (χ2n) is 6.38. The molecule has 1 unspecified atom stereocenters. The minimum Gasteiger partial charge on any atom is -0.481 e. The zero-order valence-electron chi connectivity index (χ0n) is 12.5. The van der Waals surface area contributed by atoms with Gasteiger partial charge in [-0.15, -0.1) is 0 Å². The highest BCUT2D eigenvalue weighted by Gasteiger charge is 2.25. The number of likely N-dealkylation sites (tertiary alicyclic amines) is 1. The van der Waals surface area contributed by atoms with Gasteiger partial charge in [-0.25, -0.2) is 4.79 Å². The zero-order chi connectivity index (χ0) is 15.2. The molecule has 116 valence electrons. The number of hydrogen-bond acceptors (Lipinski definition) is 3. The van der Waals surface area contributed by atoms with E-state index in [1.165, 1.54) is 0 Å². The Morgan fingerprint density at radius 2 is 2.10 bits per heavy atom. The van der Waals surface area contributed by atoms with E-state index in [0.717, 1.165) is 25.9 Å². The van der Waals surface area contributed by atoms with Gasteiger partial charge in [0.1, 0.15) is 0 Å². The Balaban J connectivity index is 2.23. The number of carboxylic acids is 1. The number of nitrogens with zero attached hydrogens (tertiary/aromatic N) is 1. The van der Waals surface area contributed by atoms with E-state index in [1.807, 2.05) is 18.7 Å². The molecule has 1 fully saturated rings. The number of hydrogen-bond donors (Lipinski definition) is 3. The number of urea groups is 1. The van der Waals surface area contributed by atoms with E-state index in [-0.39, 0.29) is 17.9 Å². The molecule has 4 N–H and O–H groups in total. The Hall–Kier alpha value is -1.30. The van der Waals surface area contributed by atoms with Crippen molar-refractivity contribution in [2.45, 2.75) is 39.5 Å². The molecule has 1 heterocycles. The maximum atomic E-state index is 11.9. The quantitative estimate of drug-likeness (QED) is 0.656. The van der Waals surface area contributed by atoms with Gasteiger partial charge >= 0.3 is 12.0 Å². The van der Waals surface area contributed by atoms with Crippen LogP contribution in [0.3, 0.4) is 0 Å². The van der Waals surface area contributed by atoms with Crippen molar-refractivity contribution >= 4 is 12.0 Å². The molecule has 1 atom stereocenters. The maximum absolute atomic E-state index is 11.9. The van der Waals surface area contributed by atoms with Gasteiger partial charge in [0.25, 0.3) is 0 Å². The van der Waals surface area contributed by atoms with Crippen LogP contribution in [0.15, 0.2) is 0 Å². The Morgan fingerprint density at radius 1 is 1.40 bits per heavy atom. The van der Waals surface area contributed by atoms with E-state index in [4.69, 9.17) is 10.8 Å². The highest BCUT2D eigenvalue weighted by atomic mass is 16.4. The van der Waals surface area contributed by atoms with Gasteiger partial charge in [-0.05, 0) is 37.1 Å². The smallest absolute Gasteiger partial charge is 0.317 e. The first-order valence-corrected chi connectivity index (χ1v) is 7.29. The molecule has 1 saturated heterocycles. The van der Waals surface area contributed by atoms with Crippen LogP contribution in [0.1, 0.15) is 39.5 Å². The molecular formula is C14H27N3O3. The number of rotatable bonds is 7. The number of carbonyl (C=O) groups excluding carboxylic acids is 1. The first-order valence-electron chi connectivity index (χ1n) is 7.29. The van der Waals surface area contributed by atoms with Gasteiger partial charge in [0.05, 0.1) is 0 Å². The third-order valence-corrected chi connectivity index (χ3v) is 4.00. The van der Waals surface area contributed by atoms with Crippen LogP contribution in [-0.4, -0.2) is 48.2 Å². The third kappa shape index (κ3) is 5.77. The fraction of sp³-hybridized carbons (Fsp3) is 0.857. The molecule has 6 nitrogen and oxygen atoms in total. The molecule has 1 rings (SSSR count). The SMILES string of the molecule is CC(C)(CCNC(=O)N1CCC(CN)C1)CCC(=O)O. The van der Waals surface area contributed by atoms with E-state index >= 15 is 0 Å². The van der Waals surface area contributed by atoms with Crippen molar-refractivity contribution in [1.29, 1.82) is 0 Å².